The second-order valence-corrected chi connectivity index (χ2v) is 9.02. The van der Waals surface area contributed by atoms with Crippen LogP contribution in [0.15, 0.2) is 12.1 Å². The van der Waals surface area contributed by atoms with Crippen LogP contribution in [0, 0.1) is 5.92 Å². The fourth-order valence-electron chi connectivity index (χ4n) is 3.33. The van der Waals surface area contributed by atoms with E-state index in [1.54, 1.807) is 0 Å². The molecular weight excluding hydrogens is 294 g/mol. The Balaban J connectivity index is 1.64. The average Bonchev–Trinajstić information content (AvgIpc) is 3.03. The fourth-order valence-corrected chi connectivity index (χ4v) is 4.57. The molecule has 1 aliphatic carbocycles. The van der Waals surface area contributed by atoms with Crippen LogP contribution in [0.25, 0.3) is 0 Å². The number of hydrogen-bond donors (Lipinski definition) is 0. The van der Waals surface area contributed by atoms with Gasteiger partial charge in [0, 0.05) is 34.7 Å². The van der Waals surface area contributed by atoms with Gasteiger partial charge in [-0.2, -0.15) is 0 Å². The molecule has 4 atom stereocenters. The van der Waals surface area contributed by atoms with E-state index < -0.39 is 0 Å². The molecule has 3 nitrogen and oxygen atoms in total. The highest BCUT2D eigenvalue weighted by Crippen LogP contribution is 2.51. The molecule has 2 unspecified atom stereocenters. The summed E-state index contributed by atoms with van der Waals surface area (Å²) in [6.07, 6.45) is 1.32. The molecule has 4 heteroatoms. The van der Waals surface area contributed by atoms with Crippen molar-refractivity contribution in [3.8, 4) is 0 Å². The van der Waals surface area contributed by atoms with Crippen LogP contribution in [-0.4, -0.2) is 36.1 Å². The Kier molecular flexibility index (Phi) is 4.11. The van der Waals surface area contributed by atoms with Gasteiger partial charge in [-0.05, 0) is 37.8 Å². The van der Waals surface area contributed by atoms with E-state index >= 15 is 0 Å². The van der Waals surface area contributed by atoms with E-state index in [1.165, 1.54) is 9.75 Å². The smallest absolute Gasteiger partial charge is 0.226 e. The van der Waals surface area contributed by atoms with Crippen molar-refractivity contribution in [1.29, 1.82) is 0 Å². The van der Waals surface area contributed by atoms with Gasteiger partial charge in [0.15, 0.2) is 0 Å². The molecule has 1 aromatic heterocycles. The quantitative estimate of drug-likeness (QED) is 0.829. The first-order valence-corrected chi connectivity index (χ1v) is 9.12. The lowest BCUT2D eigenvalue weighted by Gasteiger charge is -2.35. The molecule has 122 valence electrons. The summed E-state index contributed by atoms with van der Waals surface area (Å²) in [5, 5.41) is 0. The summed E-state index contributed by atoms with van der Waals surface area (Å²) in [6.45, 7) is 12.3. The molecule has 0 N–H and O–H groups in total. The number of rotatable bonds is 2. The van der Waals surface area contributed by atoms with Crippen molar-refractivity contribution in [2.45, 2.75) is 64.6 Å². The van der Waals surface area contributed by atoms with E-state index in [-0.39, 0.29) is 23.5 Å². The van der Waals surface area contributed by atoms with Crippen LogP contribution in [0.4, 0.5) is 0 Å². The van der Waals surface area contributed by atoms with Crippen LogP contribution in [0.1, 0.15) is 56.7 Å². The Morgan fingerprint density at radius 2 is 1.86 bits per heavy atom. The third kappa shape index (κ3) is 3.23. The number of nitrogens with zero attached hydrogens (tertiary/aromatic N) is 1. The van der Waals surface area contributed by atoms with Gasteiger partial charge >= 0.3 is 0 Å². The van der Waals surface area contributed by atoms with Gasteiger partial charge in [0.2, 0.25) is 5.91 Å². The molecule has 22 heavy (non-hydrogen) atoms. The van der Waals surface area contributed by atoms with Gasteiger partial charge in [0.05, 0.1) is 12.2 Å². The zero-order chi connectivity index (χ0) is 16.1. The number of hydrogen-bond acceptors (Lipinski definition) is 3. The summed E-state index contributed by atoms with van der Waals surface area (Å²) in [5.74, 6) is 0.976. The Bertz CT molecular complexity index is 550. The summed E-state index contributed by atoms with van der Waals surface area (Å²) >= 11 is 1.88. The summed E-state index contributed by atoms with van der Waals surface area (Å²) < 4.78 is 5.73. The van der Waals surface area contributed by atoms with Crippen LogP contribution >= 0.6 is 11.3 Å². The van der Waals surface area contributed by atoms with Crippen molar-refractivity contribution in [3.05, 3.63) is 21.9 Å². The van der Waals surface area contributed by atoms with Crippen molar-refractivity contribution >= 4 is 17.2 Å². The third-order valence-corrected chi connectivity index (χ3v) is 6.21. The molecule has 2 fully saturated rings. The highest BCUT2D eigenvalue weighted by atomic mass is 32.1. The predicted octanol–water partition coefficient (Wildman–Crippen LogP) is 3.78. The molecule has 1 amide bonds. The minimum Gasteiger partial charge on any atom is -0.372 e. The normalized spacial score (nSPS) is 32.1. The molecule has 1 aliphatic heterocycles. The van der Waals surface area contributed by atoms with Crippen molar-refractivity contribution in [2.75, 3.05) is 13.1 Å². The predicted molar refractivity (Wildman–Crippen MR) is 90.5 cm³/mol. The molecule has 3 rings (SSSR count). The SMILES string of the molecule is CC1CN(C(=O)[C@@H]2C[C@@H]2c2ccc(C(C)(C)C)s2)CC(C)O1. The van der Waals surface area contributed by atoms with Gasteiger partial charge in [-0.3, -0.25) is 4.79 Å². The van der Waals surface area contributed by atoms with Crippen molar-refractivity contribution < 1.29 is 9.53 Å². The van der Waals surface area contributed by atoms with E-state index in [0.29, 0.717) is 11.8 Å². The molecule has 2 aliphatic rings. The van der Waals surface area contributed by atoms with Gasteiger partial charge in [-0.15, -0.1) is 11.3 Å². The number of morpholine rings is 1. The number of carbonyl (C=O) groups excluding carboxylic acids is 1. The minimum atomic E-state index is 0.152. The minimum absolute atomic E-state index is 0.152. The zero-order valence-corrected chi connectivity index (χ0v) is 15.1. The summed E-state index contributed by atoms with van der Waals surface area (Å²) in [7, 11) is 0. The lowest BCUT2D eigenvalue weighted by atomic mass is 9.95. The first-order chi connectivity index (χ1) is 10.3. The first kappa shape index (κ1) is 16.0. The van der Waals surface area contributed by atoms with Crippen LogP contribution in [-0.2, 0) is 14.9 Å². The van der Waals surface area contributed by atoms with Crippen LogP contribution in [0.2, 0.25) is 0 Å². The lowest BCUT2D eigenvalue weighted by molar-refractivity contribution is -0.144. The van der Waals surface area contributed by atoms with E-state index in [1.807, 2.05) is 16.2 Å². The Hall–Kier alpha value is -0.870. The molecule has 2 heterocycles. The molecule has 1 saturated carbocycles. The van der Waals surface area contributed by atoms with Crippen LogP contribution in [0.5, 0.6) is 0 Å². The van der Waals surface area contributed by atoms with Crippen LogP contribution < -0.4 is 0 Å². The topological polar surface area (TPSA) is 29.5 Å². The Labute approximate surface area is 137 Å². The van der Waals surface area contributed by atoms with E-state index in [2.05, 4.69) is 46.8 Å². The van der Waals surface area contributed by atoms with Crippen LogP contribution in [0.3, 0.4) is 0 Å². The molecule has 1 saturated heterocycles. The molecule has 0 radical (unpaired) electrons. The molecule has 0 spiro atoms. The Morgan fingerprint density at radius 1 is 1.23 bits per heavy atom. The largest absolute Gasteiger partial charge is 0.372 e. The number of amides is 1. The standard InChI is InChI=1S/C18H27NO2S/c1-11-9-19(10-12(2)21-11)17(20)14-8-13(14)15-6-7-16(22-15)18(3,4)5/h6-7,11-14H,8-10H2,1-5H3/t11?,12?,13-,14+/m0/s1. The van der Waals surface area contributed by atoms with Crippen molar-refractivity contribution in [2.24, 2.45) is 5.92 Å². The van der Waals surface area contributed by atoms with E-state index in [4.69, 9.17) is 4.74 Å². The molecule has 0 aromatic carbocycles. The van der Waals surface area contributed by atoms with Crippen molar-refractivity contribution in [1.82, 2.24) is 4.90 Å². The van der Waals surface area contributed by atoms with Gasteiger partial charge in [-0.1, -0.05) is 20.8 Å². The van der Waals surface area contributed by atoms with Gasteiger partial charge in [-0.25, -0.2) is 0 Å². The number of thiophene rings is 1. The fraction of sp³-hybridized carbons (Fsp3) is 0.722. The average molecular weight is 321 g/mol. The number of carbonyl (C=O) groups is 1. The maximum atomic E-state index is 12.7. The number of ether oxygens (including phenoxy) is 1. The second kappa shape index (κ2) is 5.64. The first-order valence-electron chi connectivity index (χ1n) is 8.30. The summed E-state index contributed by atoms with van der Waals surface area (Å²) in [4.78, 5) is 17.5. The maximum Gasteiger partial charge on any atom is 0.226 e. The molecule has 0 bridgehead atoms. The summed E-state index contributed by atoms with van der Waals surface area (Å²) in [6, 6.07) is 4.46. The maximum absolute atomic E-state index is 12.7. The third-order valence-electron chi connectivity index (χ3n) is 4.57. The summed E-state index contributed by atoms with van der Waals surface area (Å²) in [5.41, 5.74) is 0.201. The van der Waals surface area contributed by atoms with Crippen molar-refractivity contribution in [3.63, 3.8) is 0 Å². The van der Waals surface area contributed by atoms with E-state index in [0.717, 1.165) is 19.5 Å². The monoisotopic (exact) mass is 321 g/mol. The highest BCUT2D eigenvalue weighted by Gasteiger charge is 2.47. The van der Waals surface area contributed by atoms with Gasteiger partial charge in [0.1, 0.15) is 0 Å². The van der Waals surface area contributed by atoms with Gasteiger partial charge < -0.3 is 9.64 Å². The lowest BCUT2D eigenvalue weighted by Crippen LogP contribution is -2.48. The zero-order valence-electron chi connectivity index (χ0n) is 14.3. The highest BCUT2D eigenvalue weighted by molar-refractivity contribution is 7.12. The molecular formula is C18H27NO2S. The Morgan fingerprint density at radius 3 is 2.41 bits per heavy atom. The molecule has 1 aromatic rings. The van der Waals surface area contributed by atoms with E-state index in [9.17, 15) is 4.79 Å². The van der Waals surface area contributed by atoms with Gasteiger partial charge in [0.25, 0.3) is 0 Å². The second-order valence-electron chi connectivity index (χ2n) is 7.90.